The number of rotatable bonds is 11. The molecule has 220 valence electrons. The van der Waals surface area contributed by atoms with Gasteiger partial charge in [0.15, 0.2) is 5.78 Å². The number of hydrogen-bond acceptors (Lipinski definition) is 4. The molecule has 0 aliphatic carbocycles. The van der Waals surface area contributed by atoms with Crippen molar-refractivity contribution in [2.24, 2.45) is 0 Å². The topological polar surface area (TPSA) is 48.7 Å². The SMILES string of the molecule is CC(c1ccc(OC(F)=C(F)F)cc1)(c1ccc(OC(F)=C(F)F)cc1)c1ccc(C(=O)C=CC=Cc2ccco2)cc1. The second kappa shape index (κ2) is 13.6. The highest BCUT2D eigenvalue weighted by Gasteiger charge is 2.31. The lowest BCUT2D eigenvalue weighted by atomic mass is 9.71. The second-order valence-corrected chi connectivity index (χ2v) is 9.12. The molecular formula is C33H22F6O4. The van der Waals surface area contributed by atoms with Gasteiger partial charge in [-0.3, -0.25) is 4.79 Å². The minimum Gasteiger partial charge on any atom is -0.465 e. The smallest absolute Gasteiger partial charge is 0.344 e. The van der Waals surface area contributed by atoms with Gasteiger partial charge in [0.25, 0.3) is 0 Å². The van der Waals surface area contributed by atoms with E-state index in [0.29, 0.717) is 28.0 Å². The lowest BCUT2D eigenvalue weighted by molar-refractivity contribution is 0.104. The molecule has 4 rings (SSSR count). The fourth-order valence-corrected chi connectivity index (χ4v) is 4.24. The number of allylic oxidation sites excluding steroid dienone is 3. The van der Waals surface area contributed by atoms with Crippen molar-refractivity contribution in [3.05, 3.63) is 162 Å². The van der Waals surface area contributed by atoms with Crippen molar-refractivity contribution in [2.75, 3.05) is 0 Å². The molecule has 1 aromatic heterocycles. The first-order valence-corrected chi connectivity index (χ1v) is 12.6. The molecule has 4 aromatic rings. The summed E-state index contributed by atoms with van der Waals surface area (Å²) in [5, 5.41) is 0. The van der Waals surface area contributed by atoms with Gasteiger partial charge in [-0.25, -0.2) is 0 Å². The summed E-state index contributed by atoms with van der Waals surface area (Å²) in [6, 6.07) is 17.5. The monoisotopic (exact) mass is 596 g/mol. The zero-order valence-electron chi connectivity index (χ0n) is 22.4. The molecule has 0 radical (unpaired) electrons. The third-order valence-corrected chi connectivity index (χ3v) is 6.48. The number of hydrogen-bond donors (Lipinski definition) is 0. The van der Waals surface area contributed by atoms with Crippen molar-refractivity contribution in [3.8, 4) is 11.5 Å². The highest BCUT2D eigenvalue weighted by atomic mass is 19.3. The minimum absolute atomic E-state index is 0.176. The Balaban J connectivity index is 1.66. The molecule has 0 aliphatic rings. The molecule has 3 aromatic carbocycles. The quantitative estimate of drug-likeness (QED) is 0.0432. The van der Waals surface area contributed by atoms with E-state index >= 15 is 0 Å². The van der Waals surface area contributed by atoms with Gasteiger partial charge in [0.2, 0.25) is 0 Å². The van der Waals surface area contributed by atoms with Gasteiger partial charge in [-0.05, 0) is 72.2 Å². The largest absolute Gasteiger partial charge is 0.465 e. The van der Waals surface area contributed by atoms with Crippen LogP contribution in [0.1, 0.15) is 39.7 Å². The van der Waals surface area contributed by atoms with Crippen molar-refractivity contribution >= 4 is 11.9 Å². The number of halogens is 6. The van der Waals surface area contributed by atoms with Crippen LogP contribution in [0.25, 0.3) is 6.08 Å². The van der Waals surface area contributed by atoms with Gasteiger partial charge in [0, 0.05) is 11.0 Å². The van der Waals surface area contributed by atoms with E-state index in [1.165, 1.54) is 60.9 Å². The predicted octanol–water partition coefficient (Wildman–Crippen LogP) is 9.91. The molecule has 0 bridgehead atoms. The number of furan rings is 1. The van der Waals surface area contributed by atoms with Crippen LogP contribution in [0.4, 0.5) is 26.3 Å². The normalized spacial score (nSPS) is 11.5. The van der Waals surface area contributed by atoms with Gasteiger partial charge < -0.3 is 13.9 Å². The Bertz CT molecular complexity index is 1590. The highest BCUT2D eigenvalue weighted by molar-refractivity contribution is 6.04. The number of ether oxygens (including phenoxy) is 2. The molecule has 4 nitrogen and oxygen atoms in total. The van der Waals surface area contributed by atoms with E-state index in [0.717, 1.165) is 0 Å². The van der Waals surface area contributed by atoms with Crippen molar-refractivity contribution < 1.29 is 45.0 Å². The Labute approximate surface area is 242 Å². The molecule has 0 aliphatic heterocycles. The van der Waals surface area contributed by atoms with E-state index in [9.17, 15) is 31.1 Å². The van der Waals surface area contributed by atoms with E-state index < -0.39 is 29.6 Å². The summed E-state index contributed by atoms with van der Waals surface area (Å²) in [4.78, 5) is 12.7. The molecule has 0 amide bonds. The summed E-state index contributed by atoms with van der Waals surface area (Å²) >= 11 is 0. The van der Waals surface area contributed by atoms with Crippen molar-refractivity contribution in [1.82, 2.24) is 0 Å². The van der Waals surface area contributed by atoms with Crippen LogP contribution in [0.5, 0.6) is 11.5 Å². The predicted molar refractivity (Wildman–Crippen MR) is 148 cm³/mol. The Morgan fingerprint density at radius 3 is 1.56 bits per heavy atom. The van der Waals surface area contributed by atoms with Crippen molar-refractivity contribution in [3.63, 3.8) is 0 Å². The first-order chi connectivity index (χ1) is 20.6. The lowest BCUT2D eigenvalue weighted by Crippen LogP contribution is -2.25. The Morgan fingerprint density at radius 1 is 0.674 bits per heavy atom. The lowest BCUT2D eigenvalue weighted by Gasteiger charge is -2.32. The number of ketones is 1. The van der Waals surface area contributed by atoms with Crippen molar-refractivity contribution in [2.45, 2.75) is 12.3 Å². The minimum atomic E-state index is -2.60. The van der Waals surface area contributed by atoms with Gasteiger partial charge >= 0.3 is 24.2 Å². The number of benzene rings is 3. The third-order valence-electron chi connectivity index (χ3n) is 6.48. The average Bonchev–Trinajstić information content (AvgIpc) is 3.53. The average molecular weight is 597 g/mol. The van der Waals surface area contributed by atoms with Gasteiger partial charge in [0.05, 0.1) is 6.26 Å². The molecule has 0 fully saturated rings. The molecule has 0 unspecified atom stereocenters. The van der Waals surface area contributed by atoms with Gasteiger partial charge in [-0.15, -0.1) is 0 Å². The number of carbonyl (C=O) groups excluding carboxylic acids is 1. The second-order valence-electron chi connectivity index (χ2n) is 9.12. The van der Waals surface area contributed by atoms with Crippen LogP contribution >= 0.6 is 0 Å². The van der Waals surface area contributed by atoms with Crippen LogP contribution in [-0.2, 0) is 5.41 Å². The maximum Gasteiger partial charge on any atom is 0.344 e. The van der Waals surface area contributed by atoms with Crippen LogP contribution in [0.2, 0.25) is 0 Å². The summed E-state index contributed by atoms with van der Waals surface area (Å²) < 4.78 is 90.8. The molecule has 43 heavy (non-hydrogen) atoms. The van der Waals surface area contributed by atoms with Crippen LogP contribution in [0.3, 0.4) is 0 Å². The Morgan fingerprint density at radius 2 is 1.14 bits per heavy atom. The molecule has 0 spiro atoms. The molecule has 0 saturated carbocycles. The van der Waals surface area contributed by atoms with Crippen LogP contribution in [0, 0.1) is 0 Å². The zero-order valence-corrected chi connectivity index (χ0v) is 22.4. The van der Waals surface area contributed by atoms with E-state index in [1.54, 1.807) is 54.6 Å². The fraction of sp³-hybridized carbons (Fsp3) is 0.0606. The molecule has 10 heteroatoms. The maximum atomic E-state index is 13.3. The summed E-state index contributed by atoms with van der Waals surface area (Å²) in [7, 11) is 0. The van der Waals surface area contributed by atoms with Crippen molar-refractivity contribution in [1.29, 1.82) is 0 Å². The van der Waals surface area contributed by atoms with Gasteiger partial charge in [0.1, 0.15) is 17.3 Å². The Hall–Kier alpha value is -5.25. The van der Waals surface area contributed by atoms with E-state index in [1.807, 2.05) is 6.92 Å². The molecular weight excluding hydrogens is 574 g/mol. The summed E-state index contributed by atoms with van der Waals surface area (Å²) in [6.07, 6.45) is 2.66. The van der Waals surface area contributed by atoms with Crippen LogP contribution < -0.4 is 9.47 Å². The maximum absolute atomic E-state index is 13.3. The summed E-state index contributed by atoms with van der Waals surface area (Å²) in [5.74, 6) is 0.0203. The third kappa shape index (κ3) is 7.53. The zero-order chi connectivity index (χ0) is 31.0. The number of carbonyl (C=O) groups is 1. The van der Waals surface area contributed by atoms with Gasteiger partial charge in [-0.1, -0.05) is 60.7 Å². The van der Waals surface area contributed by atoms with Crippen LogP contribution in [0.15, 0.2) is 138 Å². The highest BCUT2D eigenvalue weighted by Crippen LogP contribution is 2.40. The first kappa shape index (κ1) is 30.7. The first-order valence-electron chi connectivity index (χ1n) is 12.6. The molecule has 1 heterocycles. The molecule has 0 atom stereocenters. The molecule has 0 N–H and O–H groups in total. The fourth-order valence-electron chi connectivity index (χ4n) is 4.24. The Kier molecular flexibility index (Phi) is 9.72. The van der Waals surface area contributed by atoms with Crippen LogP contribution in [-0.4, -0.2) is 5.78 Å². The summed E-state index contributed by atoms with van der Waals surface area (Å²) in [5.41, 5.74) is 1.28. The standard InChI is InChI=1S/C33H22F6O4/c1-33(23-12-16-26(17-13-23)42-31(38)29(34)35,24-14-18-27(19-15-24)43-32(39)30(36)37)22-10-8-21(9-11-22)28(40)7-3-2-5-25-6-4-20-41-25/h2-20H,1H3. The van der Waals surface area contributed by atoms with E-state index in [-0.39, 0.29) is 17.3 Å². The van der Waals surface area contributed by atoms with E-state index in [4.69, 9.17) is 4.42 Å². The van der Waals surface area contributed by atoms with Gasteiger partial charge in [-0.2, -0.15) is 26.3 Å². The van der Waals surface area contributed by atoms with E-state index in [2.05, 4.69) is 9.47 Å². The summed E-state index contributed by atoms with van der Waals surface area (Å²) in [6.45, 7) is 1.82. The molecule has 0 saturated heterocycles.